The lowest BCUT2D eigenvalue weighted by Crippen LogP contribution is -2.31. The molecule has 0 unspecified atom stereocenters. The van der Waals surface area contributed by atoms with E-state index in [0.29, 0.717) is 11.0 Å². The van der Waals surface area contributed by atoms with Crippen molar-refractivity contribution >= 4 is 34.8 Å². The molecule has 0 saturated heterocycles. The summed E-state index contributed by atoms with van der Waals surface area (Å²) >= 11 is 5.20. The van der Waals surface area contributed by atoms with Gasteiger partial charge in [-0.25, -0.2) is 9.78 Å². The maximum absolute atomic E-state index is 12.1. The van der Waals surface area contributed by atoms with Crippen LogP contribution in [0.5, 0.6) is 5.88 Å². The highest BCUT2D eigenvalue weighted by molar-refractivity contribution is 7.80. The van der Waals surface area contributed by atoms with E-state index in [4.69, 9.17) is 17.0 Å². The van der Waals surface area contributed by atoms with Crippen molar-refractivity contribution in [2.75, 3.05) is 23.8 Å². The Morgan fingerprint density at radius 2 is 1.96 bits per heavy atom. The number of pyridine rings is 1. The maximum atomic E-state index is 12.1. The topological polar surface area (TPSA) is 66.5 Å². The van der Waals surface area contributed by atoms with Crippen LogP contribution < -0.4 is 20.3 Å². The van der Waals surface area contributed by atoms with Crippen LogP contribution in [0.25, 0.3) is 0 Å². The Morgan fingerprint density at radius 1 is 1.24 bits per heavy atom. The summed E-state index contributed by atoms with van der Waals surface area (Å²) in [6.07, 6.45) is 1.06. The first-order valence-electron chi connectivity index (χ1n) is 7.97. The van der Waals surface area contributed by atoms with Crippen LogP contribution in [0.1, 0.15) is 13.8 Å². The zero-order valence-electron chi connectivity index (χ0n) is 14.5. The first-order valence-corrected chi connectivity index (χ1v) is 8.38. The van der Waals surface area contributed by atoms with E-state index >= 15 is 0 Å². The van der Waals surface area contributed by atoms with Gasteiger partial charge in [0.15, 0.2) is 5.11 Å². The molecule has 0 radical (unpaired) electrons. The Bertz CT molecular complexity index is 705. The second-order valence-electron chi connectivity index (χ2n) is 5.88. The summed E-state index contributed by atoms with van der Waals surface area (Å²) in [6.45, 7) is 5.00. The lowest BCUT2D eigenvalue weighted by atomic mass is 10.2. The van der Waals surface area contributed by atoms with Gasteiger partial charge in [0, 0.05) is 25.3 Å². The third kappa shape index (κ3) is 6.04. The Kier molecular flexibility index (Phi) is 6.71. The van der Waals surface area contributed by atoms with E-state index in [-0.39, 0.29) is 5.88 Å². The minimum absolute atomic E-state index is 0.222. The number of para-hydroxylation sites is 1. The summed E-state index contributed by atoms with van der Waals surface area (Å²) in [7, 11) is 1.65. The highest BCUT2D eigenvalue weighted by Gasteiger charge is 2.13. The fraction of sp³-hybridized carbons (Fsp3) is 0.278. The summed E-state index contributed by atoms with van der Waals surface area (Å²) in [5.74, 6) is 0.723. The number of thiocarbonyl (C=S) groups is 1. The smallest absolute Gasteiger partial charge is 0.391 e. The first-order chi connectivity index (χ1) is 12.0. The van der Waals surface area contributed by atoms with E-state index in [1.54, 1.807) is 25.4 Å². The number of ether oxygens (including phenoxy) is 1. The molecule has 1 heterocycles. The summed E-state index contributed by atoms with van der Waals surface area (Å²) in [6, 6.07) is 12.6. The van der Waals surface area contributed by atoms with Gasteiger partial charge in [-0.15, -0.1) is 0 Å². The predicted octanol–water partition coefficient (Wildman–Crippen LogP) is 3.66. The van der Waals surface area contributed by atoms with Gasteiger partial charge in [-0.1, -0.05) is 32.0 Å². The number of nitrogens with zero attached hydrogens (tertiary/aromatic N) is 2. The van der Waals surface area contributed by atoms with Gasteiger partial charge in [0.2, 0.25) is 5.88 Å². The van der Waals surface area contributed by atoms with Crippen LogP contribution in [-0.2, 0) is 0 Å². The average molecular weight is 358 g/mol. The van der Waals surface area contributed by atoms with Gasteiger partial charge in [0.05, 0.1) is 11.9 Å². The van der Waals surface area contributed by atoms with Gasteiger partial charge in [0.25, 0.3) is 0 Å². The van der Waals surface area contributed by atoms with E-state index in [0.717, 1.165) is 17.9 Å². The zero-order chi connectivity index (χ0) is 18.2. The fourth-order valence-corrected chi connectivity index (χ4v) is 2.10. The molecule has 0 aliphatic rings. The van der Waals surface area contributed by atoms with Gasteiger partial charge in [-0.3, -0.25) is 4.90 Å². The molecule has 0 atom stereocenters. The van der Waals surface area contributed by atoms with Gasteiger partial charge in [0.1, 0.15) is 0 Å². The molecule has 0 saturated carbocycles. The molecule has 0 bridgehead atoms. The van der Waals surface area contributed by atoms with Crippen LogP contribution in [0, 0.1) is 5.92 Å². The number of hydrogen-bond donors (Lipinski definition) is 2. The SMILES string of the molecule is CC(C)CNC(=S)Nc1ccc(OC(=O)N(C)c2ccccc2)nc1. The minimum Gasteiger partial charge on any atom is -0.391 e. The molecule has 2 rings (SSSR count). The average Bonchev–Trinajstić information content (AvgIpc) is 2.61. The van der Waals surface area contributed by atoms with E-state index in [9.17, 15) is 4.79 Å². The lowest BCUT2D eigenvalue weighted by Gasteiger charge is -2.16. The molecule has 2 N–H and O–H groups in total. The van der Waals surface area contributed by atoms with Gasteiger partial charge in [-0.2, -0.15) is 0 Å². The number of nitrogens with one attached hydrogen (secondary N) is 2. The Hall–Kier alpha value is -2.67. The molecular weight excluding hydrogens is 336 g/mol. The highest BCUT2D eigenvalue weighted by atomic mass is 32.1. The van der Waals surface area contributed by atoms with Crippen LogP contribution >= 0.6 is 12.2 Å². The van der Waals surface area contributed by atoms with E-state index < -0.39 is 6.09 Å². The number of benzene rings is 1. The minimum atomic E-state index is -0.506. The van der Waals surface area contributed by atoms with Crippen LogP contribution in [0.3, 0.4) is 0 Å². The molecule has 6 nitrogen and oxygen atoms in total. The second-order valence-corrected chi connectivity index (χ2v) is 6.28. The molecule has 132 valence electrons. The molecule has 0 aliphatic heterocycles. The van der Waals surface area contributed by atoms with Crippen molar-refractivity contribution < 1.29 is 9.53 Å². The number of hydrogen-bond acceptors (Lipinski definition) is 4. The normalized spacial score (nSPS) is 10.2. The molecule has 1 amide bonds. The van der Waals surface area contributed by atoms with E-state index in [2.05, 4.69) is 29.5 Å². The Morgan fingerprint density at radius 3 is 2.56 bits per heavy atom. The number of anilines is 2. The predicted molar refractivity (Wildman–Crippen MR) is 104 cm³/mol. The third-order valence-electron chi connectivity index (χ3n) is 3.27. The largest absolute Gasteiger partial charge is 0.420 e. The summed E-state index contributed by atoms with van der Waals surface area (Å²) < 4.78 is 5.27. The van der Waals surface area contributed by atoms with Crippen molar-refractivity contribution in [3.05, 3.63) is 48.7 Å². The van der Waals surface area contributed by atoms with Crippen molar-refractivity contribution in [2.24, 2.45) is 5.92 Å². The number of rotatable bonds is 5. The molecule has 0 aliphatic carbocycles. The highest BCUT2D eigenvalue weighted by Crippen LogP contribution is 2.16. The second kappa shape index (κ2) is 8.98. The molecule has 7 heteroatoms. The monoisotopic (exact) mass is 358 g/mol. The van der Waals surface area contributed by atoms with Crippen LogP contribution in [0.15, 0.2) is 48.7 Å². The molecule has 0 spiro atoms. The molecule has 1 aromatic heterocycles. The van der Waals surface area contributed by atoms with Crippen molar-refractivity contribution in [2.45, 2.75) is 13.8 Å². The number of carbonyl (C=O) groups excluding carboxylic acids is 1. The zero-order valence-corrected chi connectivity index (χ0v) is 15.3. The van der Waals surface area contributed by atoms with Gasteiger partial charge < -0.3 is 15.4 Å². The first kappa shape index (κ1) is 18.7. The standard InChI is InChI=1S/C18H22N4O2S/c1-13(2)11-20-17(25)21-14-9-10-16(19-12-14)24-18(23)22(3)15-7-5-4-6-8-15/h4-10,12-13H,11H2,1-3H3,(H2,20,21,25). The molecule has 2 aromatic rings. The van der Waals surface area contributed by atoms with E-state index in [1.165, 1.54) is 4.90 Å². The Balaban J connectivity index is 1.89. The maximum Gasteiger partial charge on any atom is 0.420 e. The van der Waals surface area contributed by atoms with E-state index in [1.807, 2.05) is 30.3 Å². The van der Waals surface area contributed by atoms with Crippen molar-refractivity contribution in [1.29, 1.82) is 0 Å². The number of amides is 1. The summed E-state index contributed by atoms with van der Waals surface area (Å²) in [4.78, 5) is 17.7. The third-order valence-corrected chi connectivity index (χ3v) is 3.52. The fourth-order valence-electron chi connectivity index (χ4n) is 1.90. The van der Waals surface area contributed by atoms with Crippen LogP contribution in [-0.4, -0.2) is 29.8 Å². The number of aromatic nitrogens is 1. The van der Waals surface area contributed by atoms with Gasteiger partial charge in [-0.05, 0) is 36.3 Å². The van der Waals surface area contributed by atoms with Crippen LogP contribution in [0.2, 0.25) is 0 Å². The number of carbonyl (C=O) groups is 1. The molecule has 25 heavy (non-hydrogen) atoms. The summed E-state index contributed by atoms with van der Waals surface area (Å²) in [5, 5.41) is 6.68. The van der Waals surface area contributed by atoms with Crippen molar-refractivity contribution in [3.63, 3.8) is 0 Å². The van der Waals surface area contributed by atoms with Crippen molar-refractivity contribution in [1.82, 2.24) is 10.3 Å². The molecule has 0 fully saturated rings. The van der Waals surface area contributed by atoms with Crippen LogP contribution in [0.4, 0.5) is 16.2 Å². The molecule has 1 aromatic carbocycles. The van der Waals surface area contributed by atoms with Crippen molar-refractivity contribution in [3.8, 4) is 5.88 Å². The summed E-state index contributed by atoms with van der Waals surface area (Å²) in [5.41, 5.74) is 1.46. The molecular formula is C18H22N4O2S. The van der Waals surface area contributed by atoms with Gasteiger partial charge >= 0.3 is 6.09 Å². The lowest BCUT2D eigenvalue weighted by molar-refractivity contribution is 0.207. The Labute approximate surface area is 153 Å². The quantitative estimate of drug-likeness (QED) is 0.795.